The van der Waals surface area contributed by atoms with Crippen LogP contribution in [0.4, 0.5) is 10.1 Å². The summed E-state index contributed by atoms with van der Waals surface area (Å²) in [5.74, 6) is 5.94. The fourth-order valence-electron chi connectivity index (χ4n) is 2.06. The first-order chi connectivity index (χ1) is 12.0. The minimum absolute atomic E-state index is 0.270. The topological polar surface area (TPSA) is 85.8 Å². The van der Waals surface area contributed by atoms with Gasteiger partial charge in [-0.25, -0.2) is 9.07 Å². The number of hydrogen-bond acceptors (Lipinski definition) is 6. The van der Waals surface area contributed by atoms with Crippen molar-refractivity contribution >= 4 is 34.7 Å². The van der Waals surface area contributed by atoms with Crippen molar-refractivity contribution in [1.82, 2.24) is 14.9 Å². The highest BCUT2D eigenvalue weighted by molar-refractivity contribution is 8.00. The van der Waals surface area contributed by atoms with Gasteiger partial charge in [-0.2, -0.15) is 0 Å². The molecule has 9 heteroatoms. The van der Waals surface area contributed by atoms with Crippen molar-refractivity contribution in [3.63, 3.8) is 0 Å². The Hall–Kier alpha value is -2.39. The maximum absolute atomic E-state index is 13.6. The van der Waals surface area contributed by atoms with Crippen LogP contribution < -0.4 is 11.2 Å². The number of benzene rings is 1. The lowest BCUT2D eigenvalue weighted by Crippen LogP contribution is -2.23. The molecule has 0 aliphatic heterocycles. The van der Waals surface area contributed by atoms with Gasteiger partial charge in [0.2, 0.25) is 11.1 Å². The molecule has 25 heavy (non-hydrogen) atoms. The summed E-state index contributed by atoms with van der Waals surface area (Å²) in [4.78, 5) is 13.2. The van der Waals surface area contributed by atoms with Crippen LogP contribution in [0.2, 0.25) is 0 Å². The quantitative estimate of drug-likeness (QED) is 0.526. The summed E-state index contributed by atoms with van der Waals surface area (Å²) in [5.41, 5.74) is 0.937. The molecule has 1 amide bonds. The highest BCUT2D eigenvalue weighted by atomic mass is 32.2. The number of halogens is 1. The first kappa shape index (κ1) is 17.4. The van der Waals surface area contributed by atoms with E-state index < -0.39 is 5.25 Å². The Bertz CT molecular complexity index is 894. The van der Waals surface area contributed by atoms with E-state index in [1.165, 1.54) is 33.8 Å². The number of anilines is 1. The van der Waals surface area contributed by atoms with Gasteiger partial charge in [-0.1, -0.05) is 23.9 Å². The molecule has 0 radical (unpaired) electrons. The molecule has 0 aliphatic rings. The third-order valence-electron chi connectivity index (χ3n) is 3.50. The van der Waals surface area contributed by atoms with Crippen LogP contribution in [-0.4, -0.2) is 26.0 Å². The minimum atomic E-state index is -0.480. The van der Waals surface area contributed by atoms with E-state index in [1.54, 1.807) is 26.0 Å². The summed E-state index contributed by atoms with van der Waals surface area (Å²) in [6.07, 6.45) is 0. The molecule has 1 unspecified atom stereocenters. The van der Waals surface area contributed by atoms with Gasteiger partial charge in [-0.05, 0) is 43.0 Å². The Labute approximate surface area is 152 Å². The van der Waals surface area contributed by atoms with Crippen LogP contribution in [0, 0.1) is 12.7 Å². The van der Waals surface area contributed by atoms with E-state index in [0.717, 1.165) is 4.88 Å². The molecule has 0 saturated heterocycles. The summed E-state index contributed by atoms with van der Waals surface area (Å²) < 4.78 is 14.9. The first-order valence-corrected chi connectivity index (χ1v) is 9.19. The number of nitrogen functional groups attached to an aromatic ring is 1. The van der Waals surface area contributed by atoms with E-state index in [9.17, 15) is 9.18 Å². The zero-order valence-corrected chi connectivity index (χ0v) is 15.2. The number of thioether (sulfide) groups is 1. The summed E-state index contributed by atoms with van der Waals surface area (Å²) in [6.45, 7) is 3.39. The van der Waals surface area contributed by atoms with Crippen molar-refractivity contribution in [2.24, 2.45) is 0 Å². The molecule has 1 aromatic carbocycles. The minimum Gasteiger partial charge on any atom is -0.335 e. The van der Waals surface area contributed by atoms with Crippen LogP contribution in [0.3, 0.4) is 0 Å². The normalized spacial score (nSPS) is 12.1. The molecule has 0 saturated carbocycles. The number of nitrogens with two attached hydrogens (primary N) is 1. The second-order valence-corrected chi connectivity index (χ2v) is 7.62. The fraction of sp³-hybridized carbons (Fsp3) is 0.188. The molecule has 3 rings (SSSR count). The van der Waals surface area contributed by atoms with Crippen LogP contribution in [-0.2, 0) is 4.79 Å². The molecule has 6 nitrogen and oxygen atoms in total. The van der Waals surface area contributed by atoms with Crippen molar-refractivity contribution in [1.29, 1.82) is 0 Å². The monoisotopic (exact) mass is 377 g/mol. The molecule has 1 atom stereocenters. The largest absolute Gasteiger partial charge is 0.335 e. The predicted octanol–water partition coefficient (Wildman–Crippen LogP) is 3.29. The molecule has 0 bridgehead atoms. The lowest BCUT2D eigenvalue weighted by molar-refractivity contribution is -0.115. The molecular weight excluding hydrogens is 361 g/mol. The number of carbonyl (C=O) groups is 1. The second kappa shape index (κ2) is 7.24. The second-order valence-electron chi connectivity index (χ2n) is 5.37. The van der Waals surface area contributed by atoms with Crippen molar-refractivity contribution in [3.05, 3.63) is 47.1 Å². The summed E-state index contributed by atoms with van der Waals surface area (Å²) in [7, 11) is 0. The van der Waals surface area contributed by atoms with E-state index in [-0.39, 0.29) is 11.7 Å². The number of hydrogen-bond donors (Lipinski definition) is 2. The third kappa shape index (κ3) is 3.83. The number of thiophene rings is 1. The third-order valence-corrected chi connectivity index (χ3v) is 5.42. The van der Waals surface area contributed by atoms with Crippen LogP contribution in [0.25, 0.3) is 10.7 Å². The Morgan fingerprint density at radius 3 is 2.88 bits per heavy atom. The van der Waals surface area contributed by atoms with Crippen molar-refractivity contribution in [2.75, 3.05) is 11.2 Å². The summed E-state index contributed by atoms with van der Waals surface area (Å²) in [6, 6.07) is 8.37. The Morgan fingerprint density at radius 2 is 2.20 bits per heavy atom. The highest BCUT2D eigenvalue weighted by Gasteiger charge is 2.20. The zero-order valence-electron chi connectivity index (χ0n) is 13.6. The first-order valence-electron chi connectivity index (χ1n) is 7.43. The van der Waals surface area contributed by atoms with E-state index in [4.69, 9.17) is 5.84 Å². The maximum Gasteiger partial charge on any atom is 0.237 e. The highest BCUT2D eigenvalue weighted by Crippen LogP contribution is 2.27. The van der Waals surface area contributed by atoms with Gasteiger partial charge in [0, 0.05) is 5.69 Å². The summed E-state index contributed by atoms with van der Waals surface area (Å²) in [5, 5.41) is 12.7. The smallest absolute Gasteiger partial charge is 0.237 e. The molecule has 0 spiro atoms. The van der Waals surface area contributed by atoms with Crippen molar-refractivity contribution in [3.8, 4) is 10.7 Å². The molecule has 2 heterocycles. The van der Waals surface area contributed by atoms with Crippen molar-refractivity contribution in [2.45, 2.75) is 24.3 Å². The number of rotatable bonds is 5. The molecule has 130 valence electrons. The molecule has 2 aromatic heterocycles. The van der Waals surface area contributed by atoms with Gasteiger partial charge in [0.15, 0.2) is 5.82 Å². The average Bonchev–Trinajstić information content (AvgIpc) is 3.21. The molecule has 0 fully saturated rings. The molecule has 3 N–H and O–H groups in total. The van der Waals surface area contributed by atoms with Crippen LogP contribution in [0.15, 0.2) is 40.9 Å². The number of amides is 1. The number of carbonyl (C=O) groups excluding carboxylic acids is 1. The lowest BCUT2D eigenvalue weighted by Gasteiger charge is -2.12. The molecular formula is C16H16FN5OS2. The molecule has 0 aliphatic carbocycles. The predicted molar refractivity (Wildman–Crippen MR) is 98.6 cm³/mol. The van der Waals surface area contributed by atoms with Gasteiger partial charge in [0.05, 0.1) is 10.1 Å². The van der Waals surface area contributed by atoms with E-state index in [0.29, 0.717) is 22.2 Å². The Kier molecular flexibility index (Phi) is 5.05. The number of nitrogens with zero attached hydrogens (tertiary/aromatic N) is 3. The van der Waals surface area contributed by atoms with E-state index in [1.807, 2.05) is 17.5 Å². The Balaban J connectivity index is 1.68. The van der Waals surface area contributed by atoms with Gasteiger partial charge < -0.3 is 11.2 Å². The van der Waals surface area contributed by atoms with Gasteiger partial charge in [0.1, 0.15) is 5.82 Å². The molecule has 3 aromatic rings. The van der Waals surface area contributed by atoms with Crippen molar-refractivity contribution < 1.29 is 9.18 Å². The van der Waals surface area contributed by atoms with Crippen LogP contribution in [0.5, 0.6) is 0 Å². The van der Waals surface area contributed by atoms with Gasteiger partial charge in [0.25, 0.3) is 0 Å². The average molecular weight is 377 g/mol. The number of nitrogens with one attached hydrogen (secondary N) is 1. The number of aryl methyl sites for hydroxylation is 1. The van der Waals surface area contributed by atoms with Gasteiger partial charge in [-0.15, -0.1) is 21.5 Å². The maximum atomic E-state index is 13.6. The van der Waals surface area contributed by atoms with Gasteiger partial charge in [-0.3, -0.25) is 4.79 Å². The zero-order chi connectivity index (χ0) is 18.0. The summed E-state index contributed by atoms with van der Waals surface area (Å²) >= 11 is 2.69. The SMILES string of the molecule is Cc1ccc(NC(=O)C(C)Sc2nnc(-c3cccs3)n2N)cc1F. The van der Waals surface area contributed by atoms with Crippen LogP contribution >= 0.6 is 23.1 Å². The standard InChI is InChI=1S/C16H16FN5OS2/c1-9-5-6-11(8-12(9)17)19-15(23)10(2)25-16-21-20-14(22(16)18)13-4-3-7-24-13/h3-8,10H,18H2,1-2H3,(H,19,23). The lowest BCUT2D eigenvalue weighted by atomic mass is 10.2. The Morgan fingerprint density at radius 1 is 1.40 bits per heavy atom. The van der Waals surface area contributed by atoms with E-state index in [2.05, 4.69) is 15.5 Å². The van der Waals surface area contributed by atoms with Crippen LogP contribution in [0.1, 0.15) is 12.5 Å². The fourth-order valence-corrected chi connectivity index (χ4v) is 3.53. The number of aromatic nitrogens is 3. The van der Waals surface area contributed by atoms with Gasteiger partial charge >= 0.3 is 0 Å². The van der Waals surface area contributed by atoms with E-state index >= 15 is 0 Å².